The largest absolute Gasteiger partial charge is 0.348 e. The molecule has 0 aliphatic heterocycles. The number of hydrogen-bond donors (Lipinski definition) is 2. The third-order valence-electron chi connectivity index (χ3n) is 2.93. The second kappa shape index (κ2) is 7.04. The summed E-state index contributed by atoms with van der Waals surface area (Å²) in [6, 6.07) is 6.64. The van der Waals surface area contributed by atoms with E-state index in [1.165, 1.54) is 6.92 Å². The molecule has 0 fully saturated rings. The van der Waals surface area contributed by atoms with Crippen LogP contribution in [0.4, 0.5) is 0 Å². The van der Waals surface area contributed by atoms with E-state index < -0.39 is 0 Å². The van der Waals surface area contributed by atoms with E-state index in [0.29, 0.717) is 23.6 Å². The van der Waals surface area contributed by atoms with Crippen LogP contribution in [0, 0.1) is 5.92 Å². The first-order valence-electron chi connectivity index (χ1n) is 6.56. The van der Waals surface area contributed by atoms with Crippen molar-refractivity contribution < 1.29 is 9.59 Å². The van der Waals surface area contributed by atoms with Crippen molar-refractivity contribution in [3.05, 3.63) is 35.4 Å². The van der Waals surface area contributed by atoms with Gasteiger partial charge in [-0.15, -0.1) is 0 Å². The van der Waals surface area contributed by atoms with Gasteiger partial charge in [0, 0.05) is 23.7 Å². The van der Waals surface area contributed by atoms with E-state index >= 15 is 0 Å². The Balaban J connectivity index is 2.69. The second-order valence-electron chi connectivity index (χ2n) is 5.17. The predicted molar refractivity (Wildman–Crippen MR) is 76.2 cm³/mol. The van der Waals surface area contributed by atoms with Gasteiger partial charge in [0.2, 0.25) is 0 Å². The molecule has 19 heavy (non-hydrogen) atoms. The summed E-state index contributed by atoms with van der Waals surface area (Å²) in [5, 5.41) is 2.91. The van der Waals surface area contributed by atoms with Crippen molar-refractivity contribution >= 4 is 11.7 Å². The Kier molecular flexibility index (Phi) is 5.70. The molecular formula is C15H22N2O2. The van der Waals surface area contributed by atoms with Crippen LogP contribution in [0.1, 0.15) is 47.9 Å². The molecule has 3 N–H and O–H groups in total. The van der Waals surface area contributed by atoms with Gasteiger partial charge in [0.05, 0.1) is 0 Å². The second-order valence-corrected chi connectivity index (χ2v) is 5.17. The maximum Gasteiger partial charge on any atom is 0.251 e. The summed E-state index contributed by atoms with van der Waals surface area (Å²) in [7, 11) is 0. The minimum Gasteiger partial charge on any atom is -0.348 e. The zero-order valence-electron chi connectivity index (χ0n) is 11.8. The van der Waals surface area contributed by atoms with Crippen LogP contribution >= 0.6 is 0 Å². The highest BCUT2D eigenvalue weighted by Gasteiger charge is 2.13. The molecular weight excluding hydrogens is 240 g/mol. The number of ketones is 1. The van der Waals surface area contributed by atoms with Crippen molar-refractivity contribution in [1.29, 1.82) is 0 Å². The van der Waals surface area contributed by atoms with Gasteiger partial charge < -0.3 is 11.1 Å². The molecule has 1 amide bonds. The number of benzene rings is 1. The molecule has 0 bridgehead atoms. The SMILES string of the molecule is CC(=O)c1ccc(C(=O)NC(CN)CC(C)C)cc1. The van der Waals surface area contributed by atoms with Crippen LogP contribution in [0.25, 0.3) is 0 Å². The van der Waals surface area contributed by atoms with Crippen molar-refractivity contribution in [1.82, 2.24) is 5.32 Å². The minimum atomic E-state index is -0.147. The Morgan fingerprint density at radius 3 is 2.11 bits per heavy atom. The van der Waals surface area contributed by atoms with Gasteiger partial charge in [-0.2, -0.15) is 0 Å². The minimum absolute atomic E-state index is 0.00778. The van der Waals surface area contributed by atoms with Crippen LogP contribution in [0.3, 0.4) is 0 Å². The number of carbonyl (C=O) groups is 2. The maximum absolute atomic E-state index is 12.0. The molecule has 1 rings (SSSR count). The molecule has 1 atom stereocenters. The fraction of sp³-hybridized carbons (Fsp3) is 0.467. The van der Waals surface area contributed by atoms with Crippen molar-refractivity contribution in [2.75, 3.05) is 6.54 Å². The maximum atomic E-state index is 12.0. The highest BCUT2D eigenvalue weighted by molar-refractivity contribution is 5.97. The van der Waals surface area contributed by atoms with Crippen LogP contribution in [-0.4, -0.2) is 24.3 Å². The number of hydrogen-bond acceptors (Lipinski definition) is 3. The standard InChI is InChI=1S/C15H22N2O2/c1-10(2)8-14(9-16)17-15(19)13-6-4-12(5-7-13)11(3)18/h4-7,10,14H,8-9,16H2,1-3H3,(H,17,19). The van der Waals surface area contributed by atoms with E-state index in [1.807, 2.05) is 0 Å². The lowest BCUT2D eigenvalue weighted by Gasteiger charge is -2.18. The highest BCUT2D eigenvalue weighted by Crippen LogP contribution is 2.08. The Morgan fingerprint density at radius 2 is 1.68 bits per heavy atom. The number of carbonyl (C=O) groups excluding carboxylic acids is 2. The van der Waals surface area contributed by atoms with Gasteiger partial charge in [-0.25, -0.2) is 0 Å². The van der Waals surface area contributed by atoms with Crippen LogP contribution in [0.5, 0.6) is 0 Å². The Bertz CT molecular complexity index is 438. The summed E-state index contributed by atoms with van der Waals surface area (Å²) >= 11 is 0. The molecule has 1 unspecified atom stereocenters. The molecule has 104 valence electrons. The zero-order chi connectivity index (χ0) is 14.4. The molecule has 4 nitrogen and oxygen atoms in total. The molecule has 1 aromatic carbocycles. The fourth-order valence-electron chi connectivity index (χ4n) is 1.91. The predicted octanol–water partition coefficient (Wildman–Crippen LogP) is 1.99. The number of nitrogens with two attached hydrogens (primary N) is 1. The molecule has 0 aromatic heterocycles. The van der Waals surface area contributed by atoms with Gasteiger partial charge in [0.25, 0.3) is 5.91 Å². The van der Waals surface area contributed by atoms with Gasteiger partial charge in [-0.05, 0) is 31.4 Å². The lowest BCUT2D eigenvalue weighted by molar-refractivity contribution is 0.0932. The van der Waals surface area contributed by atoms with Crippen LogP contribution in [0.15, 0.2) is 24.3 Å². The van der Waals surface area contributed by atoms with Gasteiger partial charge in [-0.3, -0.25) is 9.59 Å². The molecule has 0 aliphatic rings. The molecule has 4 heteroatoms. The molecule has 1 aromatic rings. The lowest BCUT2D eigenvalue weighted by Crippen LogP contribution is -2.41. The van der Waals surface area contributed by atoms with E-state index in [-0.39, 0.29) is 17.7 Å². The molecule has 0 heterocycles. The number of Topliss-reactive ketones (excluding diaryl/α,β-unsaturated/α-hetero) is 1. The van der Waals surface area contributed by atoms with E-state index in [4.69, 9.17) is 5.73 Å². The van der Waals surface area contributed by atoms with E-state index in [1.54, 1.807) is 24.3 Å². The summed E-state index contributed by atoms with van der Waals surface area (Å²) in [4.78, 5) is 23.2. The summed E-state index contributed by atoms with van der Waals surface area (Å²) in [5.41, 5.74) is 6.81. The van der Waals surface area contributed by atoms with Crippen LogP contribution in [0.2, 0.25) is 0 Å². The number of amides is 1. The summed E-state index contributed by atoms with van der Waals surface area (Å²) < 4.78 is 0. The number of nitrogens with one attached hydrogen (secondary N) is 1. The van der Waals surface area contributed by atoms with Crippen LogP contribution in [-0.2, 0) is 0 Å². The molecule has 0 radical (unpaired) electrons. The number of rotatable bonds is 6. The Morgan fingerprint density at radius 1 is 1.16 bits per heavy atom. The molecule has 0 saturated heterocycles. The first-order valence-corrected chi connectivity index (χ1v) is 6.56. The third-order valence-corrected chi connectivity index (χ3v) is 2.93. The average Bonchev–Trinajstić information content (AvgIpc) is 2.37. The van der Waals surface area contributed by atoms with Crippen LogP contribution < -0.4 is 11.1 Å². The van der Waals surface area contributed by atoms with Gasteiger partial charge in [0.15, 0.2) is 5.78 Å². The Labute approximate surface area is 114 Å². The third kappa shape index (κ3) is 4.83. The molecule has 0 spiro atoms. The topological polar surface area (TPSA) is 72.2 Å². The van der Waals surface area contributed by atoms with Gasteiger partial charge in [0.1, 0.15) is 0 Å². The van der Waals surface area contributed by atoms with E-state index in [0.717, 1.165) is 6.42 Å². The smallest absolute Gasteiger partial charge is 0.251 e. The monoisotopic (exact) mass is 262 g/mol. The molecule has 0 saturated carbocycles. The van der Waals surface area contributed by atoms with Gasteiger partial charge in [-0.1, -0.05) is 26.0 Å². The zero-order valence-corrected chi connectivity index (χ0v) is 11.8. The van der Waals surface area contributed by atoms with Gasteiger partial charge >= 0.3 is 0 Å². The highest BCUT2D eigenvalue weighted by atomic mass is 16.1. The average molecular weight is 262 g/mol. The summed E-state index contributed by atoms with van der Waals surface area (Å²) in [5.74, 6) is 0.326. The first-order chi connectivity index (χ1) is 8.93. The van der Waals surface area contributed by atoms with E-state index in [9.17, 15) is 9.59 Å². The van der Waals surface area contributed by atoms with Crippen molar-refractivity contribution in [3.63, 3.8) is 0 Å². The quantitative estimate of drug-likeness (QED) is 0.770. The Hall–Kier alpha value is -1.68. The first kappa shape index (κ1) is 15.4. The normalized spacial score (nSPS) is 12.3. The van der Waals surface area contributed by atoms with Crippen molar-refractivity contribution in [2.24, 2.45) is 11.7 Å². The van der Waals surface area contributed by atoms with E-state index in [2.05, 4.69) is 19.2 Å². The summed E-state index contributed by atoms with van der Waals surface area (Å²) in [6.45, 7) is 6.12. The van der Waals surface area contributed by atoms with Crippen molar-refractivity contribution in [3.8, 4) is 0 Å². The van der Waals surface area contributed by atoms with Crippen molar-refractivity contribution in [2.45, 2.75) is 33.2 Å². The lowest BCUT2D eigenvalue weighted by atomic mass is 10.0. The summed E-state index contributed by atoms with van der Waals surface area (Å²) in [6.07, 6.45) is 0.855. The fourth-order valence-corrected chi connectivity index (χ4v) is 1.91. The molecule has 0 aliphatic carbocycles.